The largest absolute Gasteiger partial charge is 0.282 e. The average molecular weight is 143 g/mol. The van der Waals surface area contributed by atoms with Crippen LogP contribution in [0.25, 0.3) is 0 Å². The van der Waals surface area contributed by atoms with Crippen LogP contribution in [0.3, 0.4) is 0 Å². The molecule has 4 heteroatoms. The average Bonchev–Trinajstić information content (AvgIpc) is 2.14. The van der Waals surface area contributed by atoms with E-state index in [1.54, 1.807) is 12.1 Å². The maximum absolute atomic E-state index is 10.1. The second-order valence-electron chi connectivity index (χ2n) is 1.78. The van der Waals surface area contributed by atoms with Crippen LogP contribution in [-0.2, 0) is 0 Å². The first kappa shape index (κ1) is 6.30. The molecular weight excluding hydrogens is 137 g/mol. The molecule has 0 radical (unpaired) electrons. The minimum Gasteiger partial charge on any atom is -0.258 e. The van der Waals surface area contributed by atoms with Crippen molar-refractivity contribution < 1.29 is 4.92 Å². The normalized spacial score (nSPS) is 10.3. The molecule has 0 N–H and O–H groups in total. The van der Waals surface area contributed by atoms with Gasteiger partial charge < -0.3 is 0 Å². The van der Waals surface area contributed by atoms with Gasteiger partial charge in [-0.2, -0.15) is 0 Å². The topological polar surface area (TPSA) is 43.1 Å². The molecule has 0 fully saturated rings. The zero-order valence-corrected chi connectivity index (χ0v) is 5.92. The second-order valence-corrected chi connectivity index (χ2v) is 3.33. The van der Waals surface area contributed by atoms with Gasteiger partial charge in [-0.15, -0.1) is 0 Å². The summed E-state index contributed by atoms with van der Waals surface area (Å²) in [7, 11) is 0.277. The molecule has 0 aliphatic carbocycles. The van der Waals surface area contributed by atoms with Crippen LogP contribution < -0.4 is 0 Å². The predicted molar refractivity (Wildman–Crippen MR) is 37.3 cm³/mol. The Labute approximate surface area is 53.9 Å². The van der Waals surface area contributed by atoms with Crippen molar-refractivity contribution in [2.24, 2.45) is 0 Å². The van der Waals surface area contributed by atoms with E-state index in [0.717, 1.165) is 5.30 Å². The summed E-state index contributed by atoms with van der Waals surface area (Å²) in [6, 6.07) is 3.35. The fourth-order valence-corrected chi connectivity index (χ4v) is 1.42. The number of nitro groups is 1. The number of rotatable bonds is 1. The molecule has 9 heavy (non-hydrogen) atoms. The first-order valence-electron chi connectivity index (χ1n) is 2.50. The van der Waals surface area contributed by atoms with Gasteiger partial charge in [-0.3, -0.25) is 10.1 Å². The third-order valence-corrected chi connectivity index (χ3v) is 2.18. The number of aryl methyl sites for hydroxylation is 1. The molecule has 1 heterocycles. The lowest BCUT2D eigenvalue weighted by Crippen LogP contribution is -1.79. The minimum atomic E-state index is -0.328. The van der Waals surface area contributed by atoms with Crippen molar-refractivity contribution in [3.8, 4) is 0 Å². The van der Waals surface area contributed by atoms with Gasteiger partial charge >= 0.3 is 0 Å². The Kier molecular flexibility index (Phi) is 1.54. The molecule has 0 bridgehead atoms. The Morgan fingerprint density at radius 1 is 1.67 bits per heavy atom. The van der Waals surface area contributed by atoms with E-state index in [4.69, 9.17) is 0 Å². The second kappa shape index (κ2) is 2.19. The summed E-state index contributed by atoms with van der Waals surface area (Å²) in [4.78, 5) is 9.73. The van der Waals surface area contributed by atoms with Crippen molar-refractivity contribution in [1.29, 1.82) is 0 Å². The number of hydrogen-bond acceptors (Lipinski definition) is 2. The molecule has 0 saturated carbocycles. The smallest absolute Gasteiger partial charge is 0.258 e. The summed E-state index contributed by atoms with van der Waals surface area (Å²) < 4.78 is 0. The van der Waals surface area contributed by atoms with E-state index < -0.39 is 0 Å². The van der Waals surface area contributed by atoms with Crippen LogP contribution in [0.5, 0.6) is 0 Å². The van der Waals surface area contributed by atoms with E-state index >= 15 is 0 Å². The molecule has 48 valence electrons. The van der Waals surface area contributed by atoms with Gasteiger partial charge in [0.25, 0.3) is 5.42 Å². The molecule has 0 aliphatic heterocycles. The fraction of sp³-hybridized carbons (Fsp3) is 0.200. The highest BCUT2D eigenvalue weighted by Gasteiger charge is 2.03. The zero-order chi connectivity index (χ0) is 6.85. The van der Waals surface area contributed by atoms with E-state index in [-0.39, 0.29) is 13.1 Å². The van der Waals surface area contributed by atoms with Gasteiger partial charge in [-0.05, 0) is 18.3 Å². The lowest BCUT2D eigenvalue weighted by atomic mass is 10.5. The van der Waals surface area contributed by atoms with Crippen molar-refractivity contribution in [3.05, 3.63) is 27.5 Å². The zero-order valence-electron chi connectivity index (χ0n) is 4.92. The van der Waals surface area contributed by atoms with Crippen molar-refractivity contribution >= 4 is 13.6 Å². The molecule has 0 spiro atoms. The minimum absolute atomic E-state index is 0.277. The van der Waals surface area contributed by atoms with Crippen molar-refractivity contribution in [2.45, 2.75) is 6.92 Å². The standard InChI is InChI=1S/C5H6NO2P/c1-4-2-3-5(9-4)6(7)8/h2-3,9H,1H3. The van der Waals surface area contributed by atoms with Crippen LogP contribution in [0.15, 0.2) is 12.1 Å². The Bertz CT molecular complexity index is 231. The molecule has 0 amide bonds. The Balaban J connectivity index is 2.98. The van der Waals surface area contributed by atoms with Crippen molar-refractivity contribution in [2.75, 3.05) is 0 Å². The van der Waals surface area contributed by atoms with Gasteiger partial charge in [0.2, 0.25) is 0 Å². The number of nitrogens with zero attached hydrogens (tertiary/aromatic N) is 1. The SMILES string of the molecule is Cc1ccc([N+](=O)[O-])[pH]1. The molecule has 0 aliphatic rings. The molecule has 3 nitrogen and oxygen atoms in total. The van der Waals surface area contributed by atoms with E-state index in [2.05, 4.69) is 0 Å². The van der Waals surface area contributed by atoms with Crippen molar-refractivity contribution in [1.82, 2.24) is 0 Å². The Morgan fingerprint density at radius 3 is 2.56 bits per heavy atom. The molecule has 0 saturated heterocycles. The first-order valence-corrected chi connectivity index (χ1v) is 3.50. The molecule has 1 aromatic rings. The third kappa shape index (κ3) is 1.30. The van der Waals surface area contributed by atoms with Crippen LogP contribution >= 0.6 is 8.19 Å². The van der Waals surface area contributed by atoms with E-state index in [9.17, 15) is 10.1 Å². The van der Waals surface area contributed by atoms with E-state index in [1.807, 2.05) is 6.92 Å². The van der Waals surface area contributed by atoms with Crippen molar-refractivity contribution in [3.63, 3.8) is 0 Å². The Morgan fingerprint density at radius 2 is 2.33 bits per heavy atom. The van der Waals surface area contributed by atoms with Gasteiger partial charge in [0, 0.05) is 6.07 Å². The molecular formula is C5H6NO2P. The highest BCUT2D eigenvalue weighted by Crippen LogP contribution is 2.28. The third-order valence-electron chi connectivity index (χ3n) is 1.01. The summed E-state index contributed by atoms with van der Waals surface area (Å²) in [6.45, 7) is 1.89. The van der Waals surface area contributed by atoms with Gasteiger partial charge in [-0.1, -0.05) is 8.19 Å². The number of hydrogen-bond donors (Lipinski definition) is 0. The highest BCUT2D eigenvalue weighted by molar-refractivity contribution is 7.34. The molecule has 0 aromatic carbocycles. The van der Waals surface area contributed by atoms with Gasteiger partial charge in [0.1, 0.15) is 0 Å². The maximum Gasteiger partial charge on any atom is 0.282 e. The van der Waals surface area contributed by atoms with Gasteiger partial charge in [0.05, 0.1) is 4.92 Å². The highest BCUT2D eigenvalue weighted by atomic mass is 31.0. The summed E-state index contributed by atoms with van der Waals surface area (Å²) in [5.41, 5.74) is 0.326. The van der Waals surface area contributed by atoms with Crippen LogP contribution in [0.2, 0.25) is 0 Å². The van der Waals surface area contributed by atoms with Gasteiger partial charge in [-0.25, -0.2) is 0 Å². The van der Waals surface area contributed by atoms with Crippen LogP contribution in [0.4, 0.5) is 5.42 Å². The van der Waals surface area contributed by atoms with E-state index in [1.165, 1.54) is 0 Å². The van der Waals surface area contributed by atoms with Crippen LogP contribution in [0.1, 0.15) is 5.30 Å². The fourth-order valence-electron chi connectivity index (χ4n) is 0.596. The first-order chi connectivity index (χ1) is 4.20. The molecule has 1 unspecified atom stereocenters. The summed E-state index contributed by atoms with van der Waals surface area (Å²) in [6.07, 6.45) is 0. The maximum atomic E-state index is 10.1. The molecule has 1 atom stereocenters. The summed E-state index contributed by atoms with van der Waals surface area (Å²) in [5, 5.41) is 11.1. The lowest BCUT2D eigenvalue weighted by Gasteiger charge is -1.79. The summed E-state index contributed by atoms with van der Waals surface area (Å²) >= 11 is 0. The lowest BCUT2D eigenvalue weighted by molar-refractivity contribution is -0.380. The monoisotopic (exact) mass is 143 g/mol. The summed E-state index contributed by atoms with van der Waals surface area (Å²) in [5.74, 6) is 0. The predicted octanol–water partition coefficient (Wildman–Crippen LogP) is 1.93. The molecule has 1 rings (SSSR count). The Hall–Kier alpha value is -0.820. The van der Waals surface area contributed by atoms with Gasteiger partial charge in [0.15, 0.2) is 0 Å². The van der Waals surface area contributed by atoms with Crippen LogP contribution in [-0.4, -0.2) is 4.92 Å². The quantitative estimate of drug-likeness (QED) is 0.445. The van der Waals surface area contributed by atoms with E-state index in [0.29, 0.717) is 5.42 Å². The molecule has 1 aromatic heterocycles. The van der Waals surface area contributed by atoms with Crippen LogP contribution in [0, 0.1) is 17.0 Å².